The number of alkyl halides is 1. The lowest BCUT2D eigenvalue weighted by Gasteiger charge is -2.06. The van der Waals surface area contributed by atoms with Crippen molar-refractivity contribution in [3.63, 3.8) is 0 Å². The van der Waals surface area contributed by atoms with Crippen molar-refractivity contribution in [2.24, 2.45) is 0 Å². The van der Waals surface area contributed by atoms with Crippen molar-refractivity contribution in [2.45, 2.75) is 6.42 Å². The predicted molar refractivity (Wildman–Crippen MR) is 60.4 cm³/mol. The highest BCUT2D eigenvalue weighted by Crippen LogP contribution is 2.15. The van der Waals surface area contributed by atoms with Crippen LogP contribution in [-0.2, 0) is 4.79 Å². The Hall–Kier alpha value is -1.36. The molecule has 0 spiro atoms. The minimum Gasteiger partial charge on any atom is -0.478 e. The molecule has 0 fully saturated rings. The minimum absolute atomic E-state index is 0.0976. The Kier molecular flexibility index (Phi) is 4.30. The topological polar surface area (TPSA) is 66.4 Å². The molecule has 0 saturated heterocycles. The zero-order valence-electron chi connectivity index (χ0n) is 7.87. The molecule has 80 valence electrons. The molecule has 0 radical (unpaired) electrons. The Morgan fingerprint density at radius 1 is 1.33 bits per heavy atom. The van der Waals surface area contributed by atoms with Crippen molar-refractivity contribution in [3.05, 3.63) is 29.8 Å². The molecule has 0 saturated carbocycles. The van der Waals surface area contributed by atoms with Crippen LogP contribution < -0.4 is 5.32 Å². The highest BCUT2D eigenvalue weighted by Gasteiger charge is 2.10. The summed E-state index contributed by atoms with van der Waals surface area (Å²) < 4.78 is 0. The first-order valence-electron chi connectivity index (χ1n) is 4.33. The molecule has 0 aliphatic carbocycles. The van der Waals surface area contributed by atoms with Gasteiger partial charge in [0.05, 0.1) is 11.3 Å². The second kappa shape index (κ2) is 5.50. The number of carboxylic acids is 1. The minimum atomic E-state index is -1.05. The third kappa shape index (κ3) is 3.36. The predicted octanol–water partition coefficient (Wildman–Crippen LogP) is 2.11. The lowest BCUT2D eigenvalue weighted by molar-refractivity contribution is -0.115. The number of rotatable bonds is 4. The van der Waals surface area contributed by atoms with Gasteiger partial charge in [0.15, 0.2) is 0 Å². The molecule has 1 aromatic carbocycles. The molecule has 4 nitrogen and oxygen atoms in total. The van der Waals surface area contributed by atoms with Crippen LogP contribution in [0.2, 0.25) is 0 Å². The van der Waals surface area contributed by atoms with E-state index in [1.54, 1.807) is 18.2 Å². The van der Waals surface area contributed by atoms with Crippen LogP contribution in [0.25, 0.3) is 0 Å². The summed E-state index contributed by atoms with van der Waals surface area (Å²) in [4.78, 5) is 22.1. The number of hydrogen-bond acceptors (Lipinski definition) is 2. The largest absolute Gasteiger partial charge is 0.478 e. The molecule has 0 heterocycles. The summed E-state index contributed by atoms with van der Waals surface area (Å²) in [5, 5.41) is 11.9. The highest BCUT2D eigenvalue weighted by atomic mass is 79.9. The van der Waals surface area contributed by atoms with Gasteiger partial charge in [-0.3, -0.25) is 4.79 Å². The molecule has 0 bridgehead atoms. The fraction of sp³-hybridized carbons (Fsp3) is 0.200. The molecule has 2 N–H and O–H groups in total. The van der Waals surface area contributed by atoms with Crippen molar-refractivity contribution in [1.29, 1.82) is 0 Å². The molecule has 0 unspecified atom stereocenters. The van der Waals surface area contributed by atoms with Gasteiger partial charge in [-0.1, -0.05) is 28.1 Å². The maximum absolute atomic E-state index is 11.3. The molecular weight excluding hydrogens is 262 g/mol. The summed E-state index contributed by atoms with van der Waals surface area (Å²) in [6, 6.07) is 6.31. The second-order valence-corrected chi connectivity index (χ2v) is 3.63. The standard InChI is InChI=1S/C10H10BrNO3/c11-6-5-9(13)12-8-4-2-1-3-7(8)10(14)15/h1-4H,5-6H2,(H,12,13)(H,14,15). The van der Waals surface area contributed by atoms with Crippen molar-refractivity contribution >= 4 is 33.5 Å². The summed E-state index contributed by atoms with van der Waals surface area (Å²) in [7, 11) is 0. The first-order valence-corrected chi connectivity index (χ1v) is 5.45. The van der Waals surface area contributed by atoms with E-state index in [9.17, 15) is 9.59 Å². The Bertz CT molecular complexity index is 379. The Morgan fingerprint density at radius 3 is 2.60 bits per heavy atom. The number of halogens is 1. The molecule has 1 aromatic rings. The molecular formula is C10H10BrNO3. The van der Waals surface area contributed by atoms with Gasteiger partial charge < -0.3 is 10.4 Å². The highest BCUT2D eigenvalue weighted by molar-refractivity contribution is 9.09. The van der Waals surface area contributed by atoms with E-state index in [0.717, 1.165) is 0 Å². The van der Waals surface area contributed by atoms with Crippen molar-refractivity contribution in [1.82, 2.24) is 0 Å². The number of benzene rings is 1. The van der Waals surface area contributed by atoms with Crippen LogP contribution in [-0.4, -0.2) is 22.3 Å². The first kappa shape index (κ1) is 11.7. The fourth-order valence-electron chi connectivity index (χ4n) is 1.08. The number of carbonyl (C=O) groups is 2. The van der Waals surface area contributed by atoms with Gasteiger partial charge in [-0.25, -0.2) is 4.79 Å². The van der Waals surface area contributed by atoms with Crippen molar-refractivity contribution < 1.29 is 14.7 Å². The smallest absolute Gasteiger partial charge is 0.337 e. The summed E-state index contributed by atoms with van der Waals surface area (Å²) in [5.74, 6) is -1.26. The number of carbonyl (C=O) groups excluding carboxylic acids is 1. The molecule has 0 aliphatic rings. The quantitative estimate of drug-likeness (QED) is 0.825. The van der Waals surface area contributed by atoms with Crippen LogP contribution >= 0.6 is 15.9 Å². The SMILES string of the molecule is O=C(CCBr)Nc1ccccc1C(=O)O. The molecule has 15 heavy (non-hydrogen) atoms. The zero-order chi connectivity index (χ0) is 11.3. The zero-order valence-corrected chi connectivity index (χ0v) is 9.45. The molecule has 0 aromatic heterocycles. The van der Waals surface area contributed by atoms with Crippen LogP contribution in [0, 0.1) is 0 Å². The normalized spacial score (nSPS) is 9.67. The van der Waals surface area contributed by atoms with E-state index in [4.69, 9.17) is 5.11 Å². The van der Waals surface area contributed by atoms with Gasteiger partial charge in [-0.05, 0) is 12.1 Å². The maximum Gasteiger partial charge on any atom is 0.337 e. The second-order valence-electron chi connectivity index (χ2n) is 2.84. The van der Waals surface area contributed by atoms with Crippen LogP contribution in [0.1, 0.15) is 16.8 Å². The number of para-hydroxylation sites is 1. The molecule has 0 aliphatic heterocycles. The van der Waals surface area contributed by atoms with Gasteiger partial charge in [0.2, 0.25) is 5.91 Å². The van der Waals surface area contributed by atoms with E-state index in [1.807, 2.05) is 0 Å². The van der Waals surface area contributed by atoms with E-state index >= 15 is 0 Å². The number of amides is 1. The average molecular weight is 272 g/mol. The summed E-state index contributed by atoms with van der Waals surface area (Å²) in [6.45, 7) is 0. The van der Waals surface area contributed by atoms with Crippen LogP contribution in [0.4, 0.5) is 5.69 Å². The van der Waals surface area contributed by atoms with Crippen molar-refractivity contribution in [3.8, 4) is 0 Å². The lowest BCUT2D eigenvalue weighted by atomic mass is 10.2. The third-order valence-corrected chi connectivity index (χ3v) is 2.15. The van der Waals surface area contributed by atoms with E-state index in [1.165, 1.54) is 6.07 Å². The lowest BCUT2D eigenvalue weighted by Crippen LogP contribution is -2.14. The molecule has 5 heteroatoms. The van der Waals surface area contributed by atoms with E-state index in [0.29, 0.717) is 17.4 Å². The number of carboxylic acid groups (broad SMARTS) is 1. The van der Waals surface area contributed by atoms with Gasteiger partial charge in [0, 0.05) is 11.8 Å². The third-order valence-electron chi connectivity index (χ3n) is 1.75. The van der Waals surface area contributed by atoms with Gasteiger partial charge in [-0.15, -0.1) is 0 Å². The monoisotopic (exact) mass is 271 g/mol. The van der Waals surface area contributed by atoms with Gasteiger partial charge >= 0.3 is 5.97 Å². The van der Waals surface area contributed by atoms with Crippen LogP contribution in [0.5, 0.6) is 0 Å². The average Bonchev–Trinajstić information content (AvgIpc) is 2.18. The van der Waals surface area contributed by atoms with Gasteiger partial charge in [0.25, 0.3) is 0 Å². The summed E-state index contributed by atoms with van der Waals surface area (Å²) in [6.07, 6.45) is 0.313. The molecule has 0 atom stereocenters. The van der Waals surface area contributed by atoms with E-state index in [2.05, 4.69) is 21.2 Å². The van der Waals surface area contributed by atoms with Crippen LogP contribution in [0.15, 0.2) is 24.3 Å². The number of nitrogens with one attached hydrogen (secondary N) is 1. The summed E-state index contributed by atoms with van der Waals surface area (Å²) >= 11 is 3.13. The summed E-state index contributed by atoms with van der Waals surface area (Å²) in [5.41, 5.74) is 0.427. The molecule has 1 amide bonds. The Labute approximate surface area is 95.4 Å². The van der Waals surface area contributed by atoms with E-state index < -0.39 is 5.97 Å². The maximum atomic E-state index is 11.3. The Balaban J connectivity index is 2.84. The fourth-order valence-corrected chi connectivity index (χ4v) is 1.44. The number of aromatic carboxylic acids is 1. The van der Waals surface area contributed by atoms with E-state index in [-0.39, 0.29) is 11.5 Å². The molecule has 1 rings (SSSR count). The van der Waals surface area contributed by atoms with Crippen LogP contribution in [0.3, 0.4) is 0 Å². The van der Waals surface area contributed by atoms with Crippen molar-refractivity contribution in [2.75, 3.05) is 10.6 Å². The van der Waals surface area contributed by atoms with Gasteiger partial charge in [-0.2, -0.15) is 0 Å². The van der Waals surface area contributed by atoms with Gasteiger partial charge in [0.1, 0.15) is 0 Å². The first-order chi connectivity index (χ1) is 7.15. The Morgan fingerprint density at radius 2 is 2.00 bits per heavy atom. The number of hydrogen-bond donors (Lipinski definition) is 2. The number of anilines is 1.